The number of benzene rings is 1. The van der Waals surface area contributed by atoms with E-state index in [0.717, 1.165) is 5.92 Å². The highest BCUT2D eigenvalue weighted by molar-refractivity contribution is 5.25. The van der Waals surface area contributed by atoms with Crippen LogP contribution in [0.1, 0.15) is 62.0 Å². The molecule has 0 radical (unpaired) electrons. The Balaban J connectivity index is 2.06. The van der Waals surface area contributed by atoms with Crippen molar-refractivity contribution in [2.75, 3.05) is 0 Å². The Morgan fingerprint density at radius 2 is 1.60 bits per heavy atom. The second-order valence-electron chi connectivity index (χ2n) is 4.96. The maximum atomic E-state index is 2.38. The molecule has 15 heavy (non-hydrogen) atoms. The van der Waals surface area contributed by atoms with E-state index in [1.807, 2.05) is 0 Å². The standard InChI is InChI=1S/C15H22/c1-13-8-7-11-15(12-13)14-9-5-3-2-4-6-10-14/h7-8,11-12,14H,2-6,9-10H2,1H3. The van der Waals surface area contributed by atoms with E-state index in [0.29, 0.717) is 0 Å². The lowest BCUT2D eigenvalue weighted by Crippen LogP contribution is -2.02. The molecular formula is C15H22. The van der Waals surface area contributed by atoms with Gasteiger partial charge in [0.2, 0.25) is 0 Å². The van der Waals surface area contributed by atoms with E-state index in [1.54, 1.807) is 5.56 Å². The molecule has 0 heterocycles. The molecule has 0 atom stereocenters. The number of aryl methyl sites for hydroxylation is 1. The number of hydrogen-bond acceptors (Lipinski definition) is 0. The van der Waals surface area contributed by atoms with Gasteiger partial charge in [0.1, 0.15) is 0 Å². The van der Waals surface area contributed by atoms with Gasteiger partial charge in [0.05, 0.1) is 0 Å². The molecule has 1 aliphatic carbocycles. The predicted octanol–water partition coefficient (Wildman–Crippen LogP) is 4.82. The second kappa shape index (κ2) is 5.34. The van der Waals surface area contributed by atoms with Gasteiger partial charge >= 0.3 is 0 Å². The smallest absolute Gasteiger partial charge is 0.0162 e. The summed E-state index contributed by atoms with van der Waals surface area (Å²) in [6, 6.07) is 9.11. The lowest BCUT2D eigenvalue weighted by molar-refractivity contribution is 0.455. The van der Waals surface area contributed by atoms with Crippen molar-refractivity contribution < 1.29 is 0 Å². The average Bonchev–Trinajstić information content (AvgIpc) is 2.16. The van der Waals surface area contributed by atoms with Gasteiger partial charge in [-0.1, -0.05) is 61.9 Å². The Morgan fingerprint density at radius 1 is 0.933 bits per heavy atom. The van der Waals surface area contributed by atoms with E-state index in [-0.39, 0.29) is 0 Å². The highest BCUT2D eigenvalue weighted by atomic mass is 14.2. The van der Waals surface area contributed by atoms with Crippen LogP contribution in [0.3, 0.4) is 0 Å². The summed E-state index contributed by atoms with van der Waals surface area (Å²) >= 11 is 0. The van der Waals surface area contributed by atoms with Crippen LogP contribution >= 0.6 is 0 Å². The van der Waals surface area contributed by atoms with Crippen molar-refractivity contribution in [2.24, 2.45) is 0 Å². The van der Waals surface area contributed by atoms with E-state index in [2.05, 4.69) is 31.2 Å². The molecule has 1 aromatic carbocycles. The van der Waals surface area contributed by atoms with Crippen LogP contribution in [0.15, 0.2) is 24.3 Å². The Hall–Kier alpha value is -0.780. The molecule has 0 aliphatic heterocycles. The monoisotopic (exact) mass is 202 g/mol. The molecule has 1 saturated carbocycles. The zero-order valence-electron chi connectivity index (χ0n) is 9.84. The van der Waals surface area contributed by atoms with Crippen LogP contribution in [0.4, 0.5) is 0 Å². The van der Waals surface area contributed by atoms with Crippen LogP contribution < -0.4 is 0 Å². The quantitative estimate of drug-likeness (QED) is 0.612. The molecule has 0 amide bonds. The van der Waals surface area contributed by atoms with Crippen LogP contribution in [-0.2, 0) is 0 Å². The van der Waals surface area contributed by atoms with Gasteiger partial charge in [0, 0.05) is 0 Å². The maximum absolute atomic E-state index is 2.38. The fourth-order valence-corrected chi connectivity index (χ4v) is 2.71. The van der Waals surface area contributed by atoms with Gasteiger partial charge in [-0.3, -0.25) is 0 Å². The van der Waals surface area contributed by atoms with Crippen molar-refractivity contribution in [3.05, 3.63) is 35.4 Å². The summed E-state index contributed by atoms with van der Waals surface area (Å²) in [4.78, 5) is 0. The van der Waals surface area contributed by atoms with Crippen LogP contribution in [-0.4, -0.2) is 0 Å². The largest absolute Gasteiger partial charge is 0.0617 e. The normalized spacial score (nSPS) is 19.5. The minimum Gasteiger partial charge on any atom is -0.0617 e. The summed E-state index contributed by atoms with van der Waals surface area (Å²) in [5, 5.41) is 0. The molecule has 0 unspecified atom stereocenters. The van der Waals surface area contributed by atoms with Crippen molar-refractivity contribution in [3.8, 4) is 0 Å². The first-order valence-corrected chi connectivity index (χ1v) is 6.43. The summed E-state index contributed by atoms with van der Waals surface area (Å²) in [5.41, 5.74) is 2.99. The number of rotatable bonds is 1. The molecule has 1 aliphatic rings. The van der Waals surface area contributed by atoms with Crippen molar-refractivity contribution in [3.63, 3.8) is 0 Å². The first kappa shape index (κ1) is 10.7. The molecule has 0 bridgehead atoms. The third-order valence-corrected chi connectivity index (χ3v) is 3.62. The fourth-order valence-electron chi connectivity index (χ4n) is 2.71. The summed E-state index contributed by atoms with van der Waals surface area (Å²) in [6.07, 6.45) is 10.0. The molecule has 0 nitrogen and oxygen atoms in total. The van der Waals surface area contributed by atoms with Gasteiger partial charge in [-0.25, -0.2) is 0 Å². The van der Waals surface area contributed by atoms with Gasteiger partial charge in [-0.2, -0.15) is 0 Å². The van der Waals surface area contributed by atoms with Crippen LogP contribution in [0.5, 0.6) is 0 Å². The average molecular weight is 202 g/mol. The van der Waals surface area contributed by atoms with Crippen molar-refractivity contribution >= 4 is 0 Å². The molecule has 2 rings (SSSR count). The maximum Gasteiger partial charge on any atom is -0.0162 e. The molecule has 0 N–H and O–H groups in total. The van der Waals surface area contributed by atoms with Crippen molar-refractivity contribution in [1.29, 1.82) is 0 Å². The van der Waals surface area contributed by atoms with Gasteiger partial charge < -0.3 is 0 Å². The van der Waals surface area contributed by atoms with Crippen molar-refractivity contribution in [2.45, 2.75) is 57.8 Å². The zero-order valence-corrected chi connectivity index (χ0v) is 9.84. The van der Waals surface area contributed by atoms with Crippen LogP contribution in [0.25, 0.3) is 0 Å². The fraction of sp³-hybridized carbons (Fsp3) is 0.600. The third kappa shape index (κ3) is 3.09. The van der Waals surface area contributed by atoms with E-state index < -0.39 is 0 Å². The summed E-state index contributed by atoms with van der Waals surface area (Å²) < 4.78 is 0. The van der Waals surface area contributed by atoms with Crippen LogP contribution in [0, 0.1) is 6.92 Å². The lowest BCUT2D eigenvalue weighted by Gasteiger charge is -2.20. The van der Waals surface area contributed by atoms with E-state index in [1.165, 1.54) is 50.5 Å². The first-order valence-electron chi connectivity index (χ1n) is 6.43. The van der Waals surface area contributed by atoms with E-state index in [4.69, 9.17) is 0 Å². The Kier molecular flexibility index (Phi) is 3.82. The summed E-state index contributed by atoms with van der Waals surface area (Å²) in [7, 11) is 0. The molecule has 0 heteroatoms. The summed E-state index contributed by atoms with van der Waals surface area (Å²) in [6.45, 7) is 2.20. The number of hydrogen-bond donors (Lipinski definition) is 0. The Labute approximate surface area is 93.7 Å². The van der Waals surface area contributed by atoms with Crippen LogP contribution in [0.2, 0.25) is 0 Å². The second-order valence-corrected chi connectivity index (χ2v) is 4.96. The molecule has 1 aromatic rings. The van der Waals surface area contributed by atoms with Gasteiger partial charge in [-0.05, 0) is 31.2 Å². The summed E-state index contributed by atoms with van der Waals surface area (Å²) in [5.74, 6) is 0.838. The zero-order chi connectivity index (χ0) is 10.5. The SMILES string of the molecule is Cc1cccc(C2CCCCCCC2)c1. The molecular weight excluding hydrogens is 180 g/mol. The van der Waals surface area contributed by atoms with Gasteiger partial charge in [0.25, 0.3) is 0 Å². The minimum atomic E-state index is 0.838. The minimum absolute atomic E-state index is 0.838. The molecule has 82 valence electrons. The van der Waals surface area contributed by atoms with Gasteiger partial charge in [0.15, 0.2) is 0 Å². The van der Waals surface area contributed by atoms with Gasteiger partial charge in [-0.15, -0.1) is 0 Å². The topological polar surface area (TPSA) is 0 Å². The molecule has 0 saturated heterocycles. The molecule has 0 spiro atoms. The third-order valence-electron chi connectivity index (χ3n) is 3.62. The predicted molar refractivity (Wildman–Crippen MR) is 66.2 cm³/mol. The first-order chi connectivity index (χ1) is 7.36. The Bertz CT molecular complexity index is 293. The highest BCUT2D eigenvalue weighted by Gasteiger charge is 2.13. The lowest BCUT2D eigenvalue weighted by atomic mass is 9.85. The molecule has 0 aromatic heterocycles. The Morgan fingerprint density at radius 3 is 2.27 bits per heavy atom. The molecule has 1 fully saturated rings. The van der Waals surface area contributed by atoms with Crippen molar-refractivity contribution in [1.82, 2.24) is 0 Å². The van der Waals surface area contributed by atoms with E-state index in [9.17, 15) is 0 Å². The highest BCUT2D eigenvalue weighted by Crippen LogP contribution is 2.30. The van der Waals surface area contributed by atoms with E-state index >= 15 is 0 Å².